The zero-order chi connectivity index (χ0) is 23.1. The summed E-state index contributed by atoms with van der Waals surface area (Å²) in [5, 5.41) is 8.38. The van der Waals surface area contributed by atoms with Crippen LogP contribution in [0.2, 0.25) is 18.1 Å². The first-order valence-corrected chi connectivity index (χ1v) is 14.2. The second kappa shape index (κ2) is 10.8. The number of hydrogen-bond acceptors (Lipinski definition) is 2. The van der Waals surface area contributed by atoms with E-state index >= 15 is 0 Å². The molecule has 0 heterocycles. The fourth-order valence-corrected chi connectivity index (χ4v) is 6.07. The van der Waals surface area contributed by atoms with Crippen LogP contribution in [0, 0.1) is 0 Å². The summed E-state index contributed by atoms with van der Waals surface area (Å²) in [6.45, 7) is 17.8. The molecule has 0 amide bonds. The van der Waals surface area contributed by atoms with Crippen LogP contribution in [0.3, 0.4) is 0 Å². The van der Waals surface area contributed by atoms with Crippen LogP contribution in [-0.2, 0) is 0 Å². The minimum atomic E-state index is -1.87. The zero-order valence-corrected chi connectivity index (χ0v) is 21.0. The highest BCUT2D eigenvalue weighted by molar-refractivity contribution is 6.81. The molecule has 2 aromatic carbocycles. The first-order chi connectivity index (χ1) is 14.6. The molecule has 4 nitrogen and oxygen atoms in total. The van der Waals surface area contributed by atoms with E-state index in [-0.39, 0.29) is 22.8 Å². The van der Waals surface area contributed by atoms with Crippen molar-refractivity contribution in [1.29, 1.82) is 0 Å². The molecule has 0 saturated carbocycles. The van der Waals surface area contributed by atoms with E-state index in [0.29, 0.717) is 0 Å². The van der Waals surface area contributed by atoms with E-state index in [1.54, 1.807) is 0 Å². The van der Waals surface area contributed by atoms with Gasteiger partial charge in [-0.1, -0.05) is 105 Å². The Bertz CT molecular complexity index is 841. The van der Waals surface area contributed by atoms with E-state index in [4.69, 9.17) is 0 Å². The molecule has 0 aliphatic rings. The van der Waals surface area contributed by atoms with E-state index in [1.165, 1.54) is 11.1 Å². The van der Waals surface area contributed by atoms with Gasteiger partial charge in [0.05, 0.1) is 14.1 Å². The topological polar surface area (TPSA) is 60.8 Å². The number of azide groups is 1. The Kier molecular flexibility index (Phi) is 8.69. The van der Waals surface area contributed by atoms with Crippen LogP contribution in [0.5, 0.6) is 0 Å². The fourth-order valence-electron chi connectivity index (χ4n) is 3.86. The smallest absolute Gasteiger partial charge is 0.0631 e. The third-order valence-electron chi connectivity index (χ3n) is 6.73. The maximum Gasteiger partial charge on any atom is 0.0631 e. The number of benzene rings is 2. The molecule has 5 heteroatoms. The normalized spacial score (nSPS) is 14.0. The predicted molar refractivity (Wildman–Crippen MR) is 136 cm³/mol. The van der Waals surface area contributed by atoms with Crippen molar-refractivity contribution in [3.05, 3.63) is 94.4 Å². The monoisotopic (exact) mass is 434 g/mol. The van der Waals surface area contributed by atoms with Gasteiger partial charge in [-0.3, -0.25) is 0 Å². The minimum absolute atomic E-state index is 0.00143. The van der Waals surface area contributed by atoms with Crippen LogP contribution in [0.15, 0.2) is 77.9 Å². The van der Waals surface area contributed by atoms with E-state index in [0.717, 1.165) is 18.4 Å². The highest BCUT2D eigenvalue weighted by atomic mass is 28.3. The summed E-state index contributed by atoms with van der Waals surface area (Å²) in [6, 6.07) is 21.3. The second-order valence-electron chi connectivity index (χ2n) is 10.2. The highest BCUT2D eigenvalue weighted by Gasteiger charge is 2.42. The molecule has 2 unspecified atom stereocenters. The van der Waals surface area contributed by atoms with Crippen LogP contribution in [-0.4, -0.2) is 19.8 Å². The van der Waals surface area contributed by atoms with Crippen molar-refractivity contribution >= 4 is 8.07 Å². The molecule has 2 atom stereocenters. The minimum Gasteiger partial charge on any atom is -0.303 e. The molecule has 0 radical (unpaired) electrons. The summed E-state index contributed by atoms with van der Waals surface area (Å²) in [5.74, 6) is 0. The van der Waals surface area contributed by atoms with Gasteiger partial charge in [0.1, 0.15) is 0 Å². The van der Waals surface area contributed by atoms with Crippen molar-refractivity contribution in [3.63, 3.8) is 0 Å². The molecule has 0 bridgehead atoms. The van der Waals surface area contributed by atoms with Crippen molar-refractivity contribution in [3.8, 4) is 0 Å². The third kappa shape index (κ3) is 6.83. The standard InChI is InChI=1S/C26H38N4Si/c1-20(2)18-23(19-24(29-30-27)31(6,7)26(3,4)5)28-25(21-14-10-8-11-15-21)22-16-12-9-13-17-22/h8-17,23-25,28H,1,18-19H2,2-7H3. The zero-order valence-electron chi connectivity index (χ0n) is 20.0. The molecule has 2 rings (SSSR count). The average molecular weight is 435 g/mol. The molecular weight excluding hydrogens is 396 g/mol. The SMILES string of the molecule is C=C(C)CC(CC(N=[N+]=[N-])[Si](C)(C)C(C)(C)C)NC(c1ccccc1)c1ccccc1. The fraction of sp³-hybridized carbons (Fsp3) is 0.462. The summed E-state index contributed by atoms with van der Waals surface area (Å²) >= 11 is 0. The van der Waals surface area contributed by atoms with E-state index in [9.17, 15) is 5.53 Å². The third-order valence-corrected chi connectivity index (χ3v) is 12.6. The van der Waals surface area contributed by atoms with Gasteiger partial charge < -0.3 is 5.32 Å². The van der Waals surface area contributed by atoms with E-state index in [1.807, 2.05) is 12.1 Å². The Labute approximate surface area is 189 Å². The summed E-state index contributed by atoms with van der Waals surface area (Å²) in [4.78, 5) is 3.25. The number of nitrogens with zero attached hydrogens (tertiary/aromatic N) is 3. The molecule has 1 N–H and O–H groups in total. The van der Waals surface area contributed by atoms with Crippen molar-refractivity contribution in [2.24, 2.45) is 5.11 Å². The van der Waals surface area contributed by atoms with Gasteiger partial charge in [-0.15, -0.1) is 6.58 Å². The van der Waals surface area contributed by atoms with Crippen LogP contribution in [0.1, 0.15) is 57.7 Å². The Morgan fingerprint density at radius 3 is 1.90 bits per heavy atom. The first-order valence-electron chi connectivity index (χ1n) is 11.1. The average Bonchev–Trinajstić information content (AvgIpc) is 2.71. The van der Waals surface area contributed by atoms with Crippen LogP contribution in [0.4, 0.5) is 0 Å². The second-order valence-corrected chi connectivity index (χ2v) is 15.8. The molecule has 0 aliphatic heterocycles. The molecule has 0 aromatic heterocycles. The number of rotatable bonds is 10. The van der Waals surface area contributed by atoms with Crippen molar-refractivity contribution in [2.75, 3.05) is 0 Å². The summed E-state index contributed by atoms with van der Waals surface area (Å²) in [6.07, 6.45) is 1.66. The summed E-state index contributed by atoms with van der Waals surface area (Å²) in [7, 11) is -1.87. The van der Waals surface area contributed by atoms with Crippen LogP contribution < -0.4 is 5.32 Å². The Morgan fingerprint density at radius 2 is 1.52 bits per heavy atom. The van der Waals surface area contributed by atoms with Gasteiger partial charge in [-0.2, -0.15) is 0 Å². The van der Waals surface area contributed by atoms with Gasteiger partial charge in [0, 0.05) is 16.6 Å². The lowest BCUT2D eigenvalue weighted by atomic mass is 9.96. The Hall–Kier alpha value is -2.33. The Morgan fingerprint density at radius 1 is 1.03 bits per heavy atom. The maximum atomic E-state index is 9.34. The lowest BCUT2D eigenvalue weighted by Gasteiger charge is -2.43. The lowest BCUT2D eigenvalue weighted by molar-refractivity contribution is 0.429. The summed E-state index contributed by atoms with van der Waals surface area (Å²) < 4.78 is 0. The quantitative estimate of drug-likeness (QED) is 0.134. The number of hydrogen-bond donors (Lipinski definition) is 1. The van der Waals surface area contributed by atoms with Crippen LogP contribution in [0.25, 0.3) is 10.4 Å². The molecular formula is C26H38N4Si. The lowest BCUT2D eigenvalue weighted by Crippen LogP contribution is -2.51. The van der Waals surface area contributed by atoms with Gasteiger partial charge in [-0.05, 0) is 41.5 Å². The molecule has 0 aliphatic carbocycles. The summed E-state index contributed by atoms with van der Waals surface area (Å²) in [5.41, 5.74) is 12.9. The van der Waals surface area contributed by atoms with Crippen molar-refractivity contribution in [1.82, 2.24) is 5.32 Å². The number of nitrogens with one attached hydrogen (secondary N) is 1. The van der Waals surface area contributed by atoms with Gasteiger partial charge in [0.15, 0.2) is 0 Å². The maximum absolute atomic E-state index is 9.34. The molecule has 0 spiro atoms. The largest absolute Gasteiger partial charge is 0.303 e. The van der Waals surface area contributed by atoms with E-state index < -0.39 is 8.07 Å². The molecule has 2 aromatic rings. The molecule has 31 heavy (non-hydrogen) atoms. The first kappa shape index (κ1) is 24.9. The van der Waals surface area contributed by atoms with Gasteiger partial charge in [0.25, 0.3) is 0 Å². The molecule has 0 fully saturated rings. The van der Waals surface area contributed by atoms with Gasteiger partial charge in [0.2, 0.25) is 0 Å². The van der Waals surface area contributed by atoms with Gasteiger partial charge >= 0.3 is 0 Å². The molecule has 166 valence electrons. The van der Waals surface area contributed by atoms with E-state index in [2.05, 4.69) is 111 Å². The van der Waals surface area contributed by atoms with Crippen LogP contribution >= 0.6 is 0 Å². The highest BCUT2D eigenvalue weighted by Crippen LogP contribution is 2.41. The molecule has 0 saturated heterocycles. The van der Waals surface area contributed by atoms with Crippen molar-refractivity contribution in [2.45, 2.75) is 76.4 Å². The van der Waals surface area contributed by atoms with Gasteiger partial charge in [-0.25, -0.2) is 0 Å². The predicted octanol–water partition coefficient (Wildman–Crippen LogP) is 7.82. The van der Waals surface area contributed by atoms with Crippen molar-refractivity contribution < 1.29 is 0 Å². The Balaban J connectivity index is 2.41.